The molecular formula is C24H27F3N4O2. The molecule has 0 bridgehead atoms. The van der Waals surface area contributed by atoms with Crippen LogP contribution < -0.4 is 15.5 Å². The average Bonchev–Trinajstić information content (AvgIpc) is 3.44. The molecule has 176 valence electrons. The maximum Gasteiger partial charge on any atom is 0.416 e. The van der Waals surface area contributed by atoms with Crippen molar-refractivity contribution in [3.8, 4) is 0 Å². The Morgan fingerprint density at radius 2 is 1.70 bits per heavy atom. The van der Waals surface area contributed by atoms with Crippen molar-refractivity contribution < 1.29 is 22.8 Å². The Labute approximate surface area is 190 Å². The first kappa shape index (κ1) is 23.1. The van der Waals surface area contributed by atoms with Crippen molar-refractivity contribution >= 4 is 23.2 Å². The maximum absolute atomic E-state index is 12.7. The minimum Gasteiger partial charge on any atom is -0.374 e. The lowest BCUT2D eigenvalue weighted by molar-refractivity contribution is -0.137. The molecule has 4 rings (SSSR count). The second kappa shape index (κ2) is 9.43. The summed E-state index contributed by atoms with van der Waals surface area (Å²) in [4.78, 5) is 29.2. The van der Waals surface area contributed by atoms with Gasteiger partial charge in [0.1, 0.15) is 0 Å². The van der Waals surface area contributed by atoms with E-state index in [-0.39, 0.29) is 18.3 Å². The number of anilines is 2. The van der Waals surface area contributed by atoms with Crippen molar-refractivity contribution in [2.75, 3.05) is 43.4 Å². The van der Waals surface area contributed by atoms with Crippen LogP contribution in [0.25, 0.3) is 0 Å². The Kier molecular flexibility index (Phi) is 6.60. The van der Waals surface area contributed by atoms with Gasteiger partial charge in [-0.25, -0.2) is 0 Å². The van der Waals surface area contributed by atoms with Crippen LogP contribution in [0.1, 0.15) is 35.6 Å². The molecule has 0 spiro atoms. The van der Waals surface area contributed by atoms with Crippen LogP contribution in [0.4, 0.5) is 24.5 Å². The van der Waals surface area contributed by atoms with Gasteiger partial charge in [-0.05, 0) is 73.8 Å². The first-order chi connectivity index (χ1) is 15.7. The molecular weight excluding hydrogens is 433 g/mol. The van der Waals surface area contributed by atoms with Crippen molar-refractivity contribution in [1.82, 2.24) is 10.2 Å². The molecule has 2 heterocycles. The van der Waals surface area contributed by atoms with Crippen LogP contribution >= 0.6 is 0 Å². The van der Waals surface area contributed by atoms with Gasteiger partial charge < -0.3 is 15.5 Å². The van der Waals surface area contributed by atoms with Gasteiger partial charge in [-0.2, -0.15) is 13.2 Å². The fourth-order valence-corrected chi connectivity index (χ4v) is 4.51. The number of halogens is 3. The van der Waals surface area contributed by atoms with Crippen LogP contribution in [-0.2, 0) is 22.2 Å². The number of hydrogen-bond acceptors (Lipinski definition) is 4. The summed E-state index contributed by atoms with van der Waals surface area (Å²) in [7, 11) is 2.07. The highest BCUT2D eigenvalue weighted by molar-refractivity contribution is 6.39. The maximum atomic E-state index is 12.7. The quantitative estimate of drug-likeness (QED) is 0.670. The number of carbonyl (C=O) groups is 2. The van der Waals surface area contributed by atoms with Gasteiger partial charge in [0.05, 0.1) is 11.6 Å². The SMILES string of the molecule is CN1CCc2cc([C@H](CNC(=O)C(=O)Nc3ccc(C(F)(F)F)cc3)N3CCCC3)ccc21. The highest BCUT2D eigenvalue weighted by Crippen LogP contribution is 2.32. The van der Waals surface area contributed by atoms with Gasteiger partial charge in [0.2, 0.25) is 0 Å². The molecule has 2 aromatic rings. The summed E-state index contributed by atoms with van der Waals surface area (Å²) in [5.41, 5.74) is 2.92. The number of nitrogens with zero attached hydrogens (tertiary/aromatic N) is 2. The van der Waals surface area contributed by atoms with Crippen molar-refractivity contribution in [3.63, 3.8) is 0 Å². The van der Waals surface area contributed by atoms with Crippen LogP contribution in [-0.4, -0.2) is 49.9 Å². The summed E-state index contributed by atoms with van der Waals surface area (Å²) < 4.78 is 38.1. The number of nitrogens with one attached hydrogen (secondary N) is 2. The van der Waals surface area contributed by atoms with Gasteiger partial charge in [0.25, 0.3) is 0 Å². The van der Waals surface area contributed by atoms with Gasteiger partial charge in [0.15, 0.2) is 0 Å². The van der Waals surface area contributed by atoms with E-state index in [2.05, 4.69) is 45.7 Å². The van der Waals surface area contributed by atoms with Crippen molar-refractivity contribution in [2.24, 2.45) is 0 Å². The summed E-state index contributed by atoms with van der Waals surface area (Å²) in [6, 6.07) is 10.3. The number of likely N-dealkylation sites (tertiary alicyclic amines) is 1. The number of rotatable bonds is 5. The molecule has 1 saturated heterocycles. The summed E-state index contributed by atoms with van der Waals surface area (Å²) in [6.45, 7) is 3.10. The number of amides is 2. The Bertz CT molecular complexity index is 1020. The highest BCUT2D eigenvalue weighted by Gasteiger charge is 2.30. The molecule has 0 saturated carbocycles. The number of likely N-dealkylation sites (N-methyl/N-ethyl adjacent to an activating group) is 1. The third-order valence-corrected chi connectivity index (χ3v) is 6.33. The predicted octanol–water partition coefficient (Wildman–Crippen LogP) is 3.59. The zero-order chi connectivity index (χ0) is 23.6. The fraction of sp³-hybridized carbons (Fsp3) is 0.417. The Hall–Kier alpha value is -3.07. The van der Waals surface area contributed by atoms with E-state index in [0.717, 1.165) is 68.7 Å². The monoisotopic (exact) mass is 460 g/mol. The number of hydrogen-bond donors (Lipinski definition) is 2. The third kappa shape index (κ3) is 5.30. The first-order valence-electron chi connectivity index (χ1n) is 11.1. The summed E-state index contributed by atoms with van der Waals surface area (Å²) >= 11 is 0. The van der Waals surface area contributed by atoms with Crippen LogP contribution in [0.2, 0.25) is 0 Å². The highest BCUT2D eigenvalue weighted by atomic mass is 19.4. The van der Waals surface area contributed by atoms with Crippen molar-refractivity contribution in [2.45, 2.75) is 31.5 Å². The minimum absolute atomic E-state index is 0.0495. The molecule has 2 amide bonds. The lowest BCUT2D eigenvalue weighted by Gasteiger charge is -2.28. The van der Waals surface area contributed by atoms with Crippen molar-refractivity contribution in [1.29, 1.82) is 0 Å². The molecule has 0 unspecified atom stereocenters. The van der Waals surface area contributed by atoms with Crippen LogP contribution in [0, 0.1) is 0 Å². The number of alkyl halides is 3. The second-order valence-corrected chi connectivity index (χ2v) is 8.56. The van der Waals surface area contributed by atoms with Gasteiger partial charge in [-0.15, -0.1) is 0 Å². The van der Waals surface area contributed by atoms with E-state index < -0.39 is 23.6 Å². The lowest BCUT2D eigenvalue weighted by atomic mass is 10.0. The number of carbonyl (C=O) groups excluding carboxylic acids is 2. The van der Waals surface area contributed by atoms with Crippen molar-refractivity contribution in [3.05, 3.63) is 59.2 Å². The van der Waals surface area contributed by atoms with Crippen LogP contribution in [0.3, 0.4) is 0 Å². The molecule has 1 fully saturated rings. The largest absolute Gasteiger partial charge is 0.416 e. The van der Waals surface area contributed by atoms with E-state index in [1.807, 2.05) is 0 Å². The van der Waals surface area contributed by atoms with E-state index in [9.17, 15) is 22.8 Å². The van der Waals surface area contributed by atoms with Gasteiger partial charge in [0, 0.05) is 31.5 Å². The molecule has 9 heteroatoms. The zero-order valence-electron chi connectivity index (χ0n) is 18.4. The molecule has 2 aliphatic heterocycles. The number of fused-ring (bicyclic) bond motifs is 1. The molecule has 2 aliphatic rings. The minimum atomic E-state index is -4.46. The molecule has 1 atom stereocenters. The van der Waals surface area contributed by atoms with Gasteiger partial charge in [-0.3, -0.25) is 14.5 Å². The standard InChI is InChI=1S/C24H27F3N4O2/c1-30-13-10-17-14-16(4-9-20(17)30)21(31-11-2-3-12-31)15-28-22(32)23(33)29-19-7-5-18(6-8-19)24(25,26)27/h4-9,14,21H,2-3,10-13,15H2,1H3,(H,28,32)(H,29,33)/t21-/m0/s1. The molecule has 6 nitrogen and oxygen atoms in total. The van der Waals surface area contributed by atoms with E-state index >= 15 is 0 Å². The predicted molar refractivity (Wildman–Crippen MR) is 120 cm³/mol. The molecule has 2 N–H and O–H groups in total. The Morgan fingerprint density at radius 1 is 1.00 bits per heavy atom. The van der Waals surface area contributed by atoms with Gasteiger partial charge in [-0.1, -0.05) is 12.1 Å². The smallest absolute Gasteiger partial charge is 0.374 e. The van der Waals surface area contributed by atoms with E-state index in [1.54, 1.807) is 0 Å². The fourth-order valence-electron chi connectivity index (χ4n) is 4.51. The second-order valence-electron chi connectivity index (χ2n) is 8.56. The molecule has 0 aromatic heterocycles. The first-order valence-corrected chi connectivity index (χ1v) is 11.1. The van der Waals surface area contributed by atoms with Crippen LogP contribution in [0.5, 0.6) is 0 Å². The number of benzene rings is 2. The van der Waals surface area contributed by atoms with E-state index in [4.69, 9.17) is 0 Å². The molecule has 0 radical (unpaired) electrons. The van der Waals surface area contributed by atoms with E-state index in [0.29, 0.717) is 0 Å². The third-order valence-electron chi connectivity index (χ3n) is 6.33. The Morgan fingerprint density at radius 3 is 2.36 bits per heavy atom. The molecule has 2 aromatic carbocycles. The van der Waals surface area contributed by atoms with Gasteiger partial charge >= 0.3 is 18.0 Å². The summed E-state index contributed by atoms with van der Waals surface area (Å²) in [6.07, 6.45) is -1.30. The summed E-state index contributed by atoms with van der Waals surface area (Å²) in [5.74, 6) is -1.73. The lowest BCUT2D eigenvalue weighted by Crippen LogP contribution is -2.41. The average molecular weight is 461 g/mol. The zero-order valence-corrected chi connectivity index (χ0v) is 18.4. The normalized spacial score (nSPS) is 17.0. The van der Waals surface area contributed by atoms with E-state index in [1.165, 1.54) is 11.3 Å². The summed E-state index contributed by atoms with van der Waals surface area (Å²) in [5, 5.41) is 5.06. The molecule has 0 aliphatic carbocycles. The molecule has 33 heavy (non-hydrogen) atoms. The Balaban J connectivity index is 1.40. The topological polar surface area (TPSA) is 64.7 Å². The van der Waals surface area contributed by atoms with Crippen LogP contribution in [0.15, 0.2) is 42.5 Å².